The van der Waals surface area contributed by atoms with Crippen molar-refractivity contribution in [3.05, 3.63) is 47.1 Å². The van der Waals surface area contributed by atoms with Gasteiger partial charge in [0.25, 0.3) is 0 Å². The maximum absolute atomic E-state index is 13.0. The number of rotatable bonds is 2. The first-order valence-electron chi connectivity index (χ1n) is 4.66. The maximum atomic E-state index is 13.0. The predicted molar refractivity (Wildman–Crippen MR) is 61.5 cm³/mol. The first kappa shape index (κ1) is 10.8. The van der Waals surface area contributed by atoms with Crippen molar-refractivity contribution >= 4 is 23.1 Å². The second-order valence-electron chi connectivity index (χ2n) is 3.27. The zero-order chi connectivity index (χ0) is 11.5. The van der Waals surface area contributed by atoms with Crippen molar-refractivity contribution in [3.8, 4) is 0 Å². The van der Waals surface area contributed by atoms with Crippen molar-refractivity contribution in [2.24, 2.45) is 0 Å². The van der Waals surface area contributed by atoms with Gasteiger partial charge in [0.05, 0.1) is 0 Å². The molecule has 0 radical (unpaired) electrons. The minimum atomic E-state index is -0.303. The van der Waals surface area contributed by atoms with Crippen molar-refractivity contribution < 1.29 is 4.39 Å². The molecule has 1 aromatic carbocycles. The van der Waals surface area contributed by atoms with Crippen molar-refractivity contribution in [1.29, 1.82) is 0 Å². The third kappa shape index (κ3) is 2.28. The number of benzene rings is 1. The fourth-order valence-electron chi connectivity index (χ4n) is 1.26. The second kappa shape index (κ2) is 4.45. The van der Waals surface area contributed by atoms with Gasteiger partial charge in [0.1, 0.15) is 23.1 Å². The van der Waals surface area contributed by atoms with Gasteiger partial charge in [-0.1, -0.05) is 17.7 Å². The summed E-state index contributed by atoms with van der Waals surface area (Å²) in [6.45, 7) is 1.80. The first-order chi connectivity index (χ1) is 7.66. The van der Waals surface area contributed by atoms with E-state index < -0.39 is 0 Å². The fourth-order valence-corrected chi connectivity index (χ4v) is 1.39. The molecule has 2 rings (SSSR count). The van der Waals surface area contributed by atoms with E-state index in [-0.39, 0.29) is 5.82 Å². The number of anilines is 2. The molecule has 0 aliphatic heterocycles. The van der Waals surface area contributed by atoms with Crippen LogP contribution in [0.2, 0.25) is 5.15 Å². The Bertz CT molecular complexity index is 516. The number of hydrogen-bond donors (Lipinski definition) is 1. The van der Waals surface area contributed by atoms with Gasteiger partial charge in [0, 0.05) is 11.3 Å². The highest BCUT2D eigenvalue weighted by molar-refractivity contribution is 6.30. The fraction of sp³-hybridized carbons (Fsp3) is 0.0909. The molecule has 0 aliphatic rings. The van der Waals surface area contributed by atoms with E-state index in [2.05, 4.69) is 15.3 Å². The van der Waals surface area contributed by atoms with E-state index in [0.717, 1.165) is 5.56 Å². The largest absolute Gasteiger partial charge is 0.340 e. The van der Waals surface area contributed by atoms with Gasteiger partial charge in [-0.15, -0.1) is 0 Å². The van der Waals surface area contributed by atoms with Crippen LogP contribution in [0.25, 0.3) is 0 Å². The lowest BCUT2D eigenvalue weighted by Gasteiger charge is -2.08. The Balaban J connectivity index is 2.31. The van der Waals surface area contributed by atoms with E-state index in [1.54, 1.807) is 19.1 Å². The lowest BCUT2D eigenvalue weighted by Crippen LogP contribution is -1.98. The molecule has 1 heterocycles. The van der Waals surface area contributed by atoms with Crippen LogP contribution in [-0.2, 0) is 0 Å². The number of nitrogens with zero attached hydrogens (tertiary/aromatic N) is 2. The zero-order valence-electron chi connectivity index (χ0n) is 8.54. The molecule has 82 valence electrons. The quantitative estimate of drug-likeness (QED) is 0.815. The van der Waals surface area contributed by atoms with Gasteiger partial charge in [0.15, 0.2) is 0 Å². The summed E-state index contributed by atoms with van der Waals surface area (Å²) in [4.78, 5) is 7.87. The average Bonchev–Trinajstić information content (AvgIpc) is 2.25. The molecular formula is C11H9ClFN3. The Hall–Kier alpha value is -1.68. The maximum Gasteiger partial charge on any atom is 0.138 e. The molecule has 5 heteroatoms. The van der Waals surface area contributed by atoms with E-state index in [9.17, 15) is 4.39 Å². The Morgan fingerprint density at radius 2 is 2.12 bits per heavy atom. The van der Waals surface area contributed by atoms with Gasteiger partial charge in [-0.2, -0.15) is 0 Å². The summed E-state index contributed by atoms with van der Waals surface area (Å²) in [7, 11) is 0. The normalized spacial score (nSPS) is 10.2. The zero-order valence-corrected chi connectivity index (χ0v) is 9.29. The molecule has 0 fully saturated rings. The molecular weight excluding hydrogens is 229 g/mol. The molecule has 2 aromatic rings. The van der Waals surface area contributed by atoms with Gasteiger partial charge in [-0.25, -0.2) is 14.4 Å². The monoisotopic (exact) mass is 237 g/mol. The van der Waals surface area contributed by atoms with Gasteiger partial charge in [-0.3, -0.25) is 0 Å². The molecule has 16 heavy (non-hydrogen) atoms. The third-order valence-corrected chi connectivity index (χ3v) is 2.49. The van der Waals surface area contributed by atoms with Crippen LogP contribution in [0.15, 0.2) is 30.6 Å². The molecule has 0 amide bonds. The lowest BCUT2D eigenvalue weighted by molar-refractivity contribution is 0.628. The van der Waals surface area contributed by atoms with Crippen LogP contribution in [0.1, 0.15) is 5.56 Å². The molecule has 0 saturated heterocycles. The van der Waals surface area contributed by atoms with Gasteiger partial charge in [-0.05, 0) is 25.1 Å². The minimum absolute atomic E-state index is 0.303. The molecule has 1 N–H and O–H groups in total. The summed E-state index contributed by atoms with van der Waals surface area (Å²) in [6.07, 6.45) is 1.36. The standard InChI is InChI=1S/C11H9ClFN3/c1-7-10(12)14-6-15-11(7)16-9-4-2-3-8(13)5-9/h2-6H,1H3,(H,14,15,16). The van der Waals surface area contributed by atoms with Gasteiger partial charge in [0.2, 0.25) is 0 Å². The molecule has 0 bridgehead atoms. The molecule has 0 atom stereocenters. The van der Waals surface area contributed by atoms with Crippen LogP contribution in [-0.4, -0.2) is 9.97 Å². The van der Waals surface area contributed by atoms with E-state index in [0.29, 0.717) is 16.7 Å². The Morgan fingerprint density at radius 1 is 1.31 bits per heavy atom. The number of nitrogens with one attached hydrogen (secondary N) is 1. The summed E-state index contributed by atoms with van der Waals surface area (Å²) in [5.74, 6) is 0.272. The highest BCUT2D eigenvalue weighted by Gasteiger charge is 2.05. The van der Waals surface area contributed by atoms with E-state index in [4.69, 9.17) is 11.6 Å². The summed E-state index contributed by atoms with van der Waals surface area (Å²) >= 11 is 5.85. The summed E-state index contributed by atoms with van der Waals surface area (Å²) in [6, 6.07) is 6.13. The smallest absolute Gasteiger partial charge is 0.138 e. The van der Waals surface area contributed by atoms with Crippen molar-refractivity contribution in [1.82, 2.24) is 9.97 Å². The van der Waals surface area contributed by atoms with Gasteiger partial charge < -0.3 is 5.32 Å². The molecule has 0 aliphatic carbocycles. The van der Waals surface area contributed by atoms with Gasteiger partial charge >= 0.3 is 0 Å². The minimum Gasteiger partial charge on any atom is -0.340 e. The Labute approximate surface area is 97.3 Å². The summed E-state index contributed by atoms with van der Waals surface area (Å²) in [5.41, 5.74) is 1.35. The number of aromatic nitrogens is 2. The van der Waals surface area contributed by atoms with E-state index >= 15 is 0 Å². The summed E-state index contributed by atoms with van der Waals surface area (Å²) < 4.78 is 13.0. The van der Waals surface area contributed by atoms with Crippen molar-refractivity contribution in [2.45, 2.75) is 6.92 Å². The van der Waals surface area contributed by atoms with Crippen molar-refractivity contribution in [2.75, 3.05) is 5.32 Å². The van der Waals surface area contributed by atoms with Crippen LogP contribution in [0.4, 0.5) is 15.9 Å². The first-order valence-corrected chi connectivity index (χ1v) is 5.04. The molecule has 0 spiro atoms. The lowest BCUT2D eigenvalue weighted by atomic mass is 10.3. The van der Waals surface area contributed by atoms with Crippen LogP contribution in [0, 0.1) is 12.7 Å². The van der Waals surface area contributed by atoms with Crippen LogP contribution in [0.5, 0.6) is 0 Å². The van der Waals surface area contributed by atoms with Crippen LogP contribution in [0.3, 0.4) is 0 Å². The predicted octanol–water partition coefficient (Wildman–Crippen LogP) is 3.32. The second-order valence-corrected chi connectivity index (χ2v) is 3.63. The Morgan fingerprint density at radius 3 is 2.88 bits per heavy atom. The molecule has 0 unspecified atom stereocenters. The topological polar surface area (TPSA) is 37.8 Å². The average molecular weight is 238 g/mol. The van der Waals surface area contributed by atoms with Crippen LogP contribution >= 0.6 is 11.6 Å². The highest BCUT2D eigenvalue weighted by atomic mass is 35.5. The highest BCUT2D eigenvalue weighted by Crippen LogP contribution is 2.22. The summed E-state index contributed by atoms with van der Waals surface area (Å²) in [5, 5.41) is 3.36. The molecule has 0 saturated carbocycles. The Kier molecular flexibility index (Phi) is 3.01. The van der Waals surface area contributed by atoms with Crippen LogP contribution < -0.4 is 5.32 Å². The van der Waals surface area contributed by atoms with E-state index in [1.807, 2.05) is 0 Å². The van der Waals surface area contributed by atoms with E-state index in [1.165, 1.54) is 18.5 Å². The molecule has 3 nitrogen and oxygen atoms in total. The third-order valence-electron chi connectivity index (χ3n) is 2.11. The SMILES string of the molecule is Cc1c(Cl)ncnc1Nc1cccc(F)c1. The number of hydrogen-bond acceptors (Lipinski definition) is 3. The number of halogens is 2. The molecule has 1 aromatic heterocycles. The van der Waals surface area contributed by atoms with Crippen molar-refractivity contribution in [3.63, 3.8) is 0 Å².